The highest BCUT2D eigenvalue weighted by atomic mass is 19.3. The van der Waals surface area contributed by atoms with Crippen LogP contribution < -0.4 is 4.74 Å². The molecule has 10 heteroatoms. The molecule has 1 fully saturated rings. The zero-order valence-electron chi connectivity index (χ0n) is 18.9. The molecule has 0 aliphatic carbocycles. The lowest BCUT2D eigenvalue weighted by Crippen LogP contribution is -2.26. The number of ether oxygens (including phenoxy) is 2. The lowest BCUT2D eigenvalue weighted by Gasteiger charge is -2.27. The van der Waals surface area contributed by atoms with Crippen LogP contribution in [0.4, 0.5) is 35.1 Å². The smallest absolute Gasteiger partial charge is 0.312 e. The molecular formula is C26H20F8O2. The fourth-order valence-corrected chi connectivity index (χ4v) is 4.05. The molecule has 1 aliphatic heterocycles. The highest BCUT2D eigenvalue weighted by Gasteiger charge is 2.39. The number of hydrogen-bond acceptors (Lipinski definition) is 2. The van der Waals surface area contributed by atoms with E-state index >= 15 is 0 Å². The van der Waals surface area contributed by atoms with Gasteiger partial charge in [-0.25, -0.2) is 26.3 Å². The lowest BCUT2D eigenvalue weighted by atomic mass is 9.94. The van der Waals surface area contributed by atoms with Gasteiger partial charge in [-0.2, -0.15) is 8.78 Å². The van der Waals surface area contributed by atoms with Gasteiger partial charge in [0.25, 0.3) is 0 Å². The highest BCUT2D eigenvalue weighted by molar-refractivity contribution is 5.65. The Morgan fingerprint density at radius 1 is 0.833 bits per heavy atom. The number of hydrogen-bond donors (Lipinski definition) is 0. The molecule has 0 N–H and O–H groups in total. The van der Waals surface area contributed by atoms with Gasteiger partial charge in [0, 0.05) is 24.3 Å². The summed E-state index contributed by atoms with van der Waals surface area (Å²) in [6, 6.07) is 5.76. The van der Waals surface area contributed by atoms with E-state index in [1.54, 1.807) is 6.07 Å². The first-order chi connectivity index (χ1) is 17.0. The van der Waals surface area contributed by atoms with Gasteiger partial charge in [-0.1, -0.05) is 19.1 Å². The van der Waals surface area contributed by atoms with E-state index in [0.717, 1.165) is 6.42 Å². The van der Waals surface area contributed by atoms with Gasteiger partial charge in [-0.3, -0.25) is 0 Å². The average molecular weight is 516 g/mol. The van der Waals surface area contributed by atoms with Gasteiger partial charge in [-0.15, -0.1) is 0 Å². The Hall–Kier alpha value is -3.14. The van der Waals surface area contributed by atoms with E-state index in [2.05, 4.69) is 4.74 Å². The molecule has 3 aromatic carbocycles. The molecule has 0 saturated carbocycles. The molecule has 4 rings (SSSR count). The molecule has 0 radical (unpaired) electrons. The van der Waals surface area contributed by atoms with Crippen LogP contribution in [0.1, 0.15) is 37.0 Å². The van der Waals surface area contributed by atoms with Gasteiger partial charge in [0.1, 0.15) is 23.2 Å². The summed E-state index contributed by atoms with van der Waals surface area (Å²) in [5.74, 6) is -14.1. The summed E-state index contributed by atoms with van der Waals surface area (Å²) in [5.41, 5.74) is -1.63. The van der Waals surface area contributed by atoms with Crippen molar-refractivity contribution in [1.82, 2.24) is 0 Å². The third-order valence-corrected chi connectivity index (χ3v) is 5.96. The Morgan fingerprint density at radius 3 is 2.03 bits per heavy atom. The summed E-state index contributed by atoms with van der Waals surface area (Å²) >= 11 is 0. The van der Waals surface area contributed by atoms with Crippen LogP contribution in [0.15, 0.2) is 42.5 Å². The van der Waals surface area contributed by atoms with Crippen molar-refractivity contribution in [1.29, 1.82) is 0 Å². The minimum absolute atomic E-state index is 0.205. The van der Waals surface area contributed by atoms with E-state index in [1.165, 1.54) is 12.1 Å². The van der Waals surface area contributed by atoms with E-state index in [1.807, 2.05) is 6.92 Å². The van der Waals surface area contributed by atoms with Crippen LogP contribution in [0.3, 0.4) is 0 Å². The van der Waals surface area contributed by atoms with Crippen molar-refractivity contribution in [2.75, 3.05) is 13.2 Å². The third-order valence-electron chi connectivity index (χ3n) is 5.96. The molecule has 1 saturated heterocycles. The Kier molecular flexibility index (Phi) is 7.26. The van der Waals surface area contributed by atoms with Crippen molar-refractivity contribution < 1.29 is 44.6 Å². The van der Waals surface area contributed by atoms with Crippen LogP contribution in [-0.4, -0.2) is 13.2 Å². The lowest BCUT2D eigenvalue weighted by molar-refractivity contribution is -0.0525. The number of alkyl halides is 2. The number of benzene rings is 3. The van der Waals surface area contributed by atoms with Crippen LogP contribution in [0, 0.1) is 40.8 Å². The standard InChI is InChI=1S/C26H20F8O2/c1-13-2-5-23(35-11-13)14-3-4-17(18(27)6-14)15-7-19(28)24(20(29)8-15)26(33,34)12-36-16-9-21(30)25(32)22(31)10-16/h3-4,6-10,13,23H,2,5,11-12H2,1H3. The summed E-state index contributed by atoms with van der Waals surface area (Å²) in [5, 5.41) is 0. The normalized spacial score (nSPS) is 18.4. The quantitative estimate of drug-likeness (QED) is 0.245. The second-order valence-corrected chi connectivity index (χ2v) is 8.75. The van der Waals surface area contributed by atoms with Crippen molar-refractivity contribution in [3.05, 3.63) is 88.5 Å². The van der Waals surface area contributed by atoms with Gasteiger partial charge in [0.05, 0.1) is 11.7 Å². The van der Waals surface area contributed by atoms with Crippen LogP contribution in [-0.2, 0) is 10.7 Å². The van der Waals surface area contributed by atoms with Crippen LogP contribution in [0.25, 0.3) is 11.1 Å². The van der Waals surface area contributed by atoms with Gasteiger partial charge in [0.15, 0.2) is 24.1 Å². The van der Waals surface area contributed by atoms with Gasteiger partial charge in [-0.05, 0) is 48.1 Å². The maximum atomic E-state index is 14.8. The predicted octanol–water partition coefficient (Wildman–Crippen LogP) is 7.85. The van der Waals surface area contributed by atoms with Crippen LogP contribution in [0.5, 0.6) is 5.75 Å². The van der Waals surface area contributed by atoms with Crippen LogP contribution in [0.2, 0.25) is 0 Å². The maximum Gasteiger partial charge on any atom is 0.312 e. The highest BCUT2D eigenvalue weighted by Crippen LogP contribution is 2.37. The van der Waals surface area contributed by atoms with Crippen molar-refractivity contribution in [3.63, 3.8) is 0 Å². The minimum atomic E-state index is -4.29. The fourth-order valence-electron chi connectivity index (χ4n) is 4.05. The molecule has 0 aromatic heterocycles. The van der Waals surface area contributed by atoms with Gasteiger partial charge in [0.2, 0.25) is 0 Å². The SMILES string of the molecule is CC1CCC(c2ccc(-c3cc(F)c(C(F)(F)COc4cc(F)c(F)c(F)c4)c(F)c3)c(F)c2)OC1. The molecule has 36 heavy (non-hydrogen) atoms. The fraction of sp³-hybridized carbons (Fsp3) is 0.308. The Morgan fingerprint density at radius 2 is 1.47 bits per heavy atom. The zero-order valence-corrected chi connectivity index (χ0v) is 18.9. The van der Waals surface area contributed by atoms with Crippen molar-refractivity contribution in [2.45, 2.75) is 31.8 Å². The third kappa shape index (κ3) is 5.33. The largest absolute Gasteiger partial charge is 0.487 e. The van der Waals surface area contributed by atoms with Gasteiger partial charge < -0.3 is 9.47 Å². The van der Waals surface area contributed by atoms with E-state index in [9.17, 15) is 35.1 Å². The maximum absolute atomic E-state index is 14.8. The Bertz CT molecular complexity index is 1220. The second kappa shape index (κ2) is 10.1. The van der Waals surface area contributed by atoms with E-state index in [4.69, 9.17) is 4.74 Å². The molecule has 0 spiro atoms. The minimum Gasteiger partial charge on any atom is -0.487 e. The summed E-state index contributed by atoms with van der Waals surface area (Å²) in [4.78, 5) is 0. The molecule has 1 aliphatic rings. The Labute approximate surface area is 201 Å². The van der Waals surface area contributed by atoms with Crippen molar-refractivity contribution >= 4 is 0 Å². The summed E-state index contributed by atoms with van der Waals surface area (Å²) < 4.78 is 123. The predicted molar refractivity (Wildman–Crippen MR) is 115 cm³/mol. The Balaban J connectivity index is 1.56. The molecule has 2 nitrogen and oxygen atoms in total. The molecule has 3 aromatic rings. The molecule has 2 unspecified atom stereocenters. The second-order valence-electron chi connectivity index (χ2n) is 8.75. The molecule has 2 atom stereocenters. The molecule has 1 heterocycles. The van der Waals surface area contributed by atoms with E-state index < -0.39 is 58.7 Å². The first-order valence-corrected chi connectivity index (χ1v) is 11.0. The first kappa shape index (κ1) is 25.9. The first-order valence-electron chi connectivity index (χ1n) is 11.0. The molecule has 0 bridgehead atoms. The number of rotatable bonds is 6. The average Bonchev–Trinajstić information content (AvgIpc) is 2.81. The number of halogens is 8. The molecule has 192 valence electrons. The summed E-state index contributed by atoms with van der Waals surface area (Å²) in [6.45, 7) is 0.855. The zero-order chi connectivity index (χ0) is 26.2. The van der Waals surface area contributed by atoms with Crippen molar-refractivity contribution in [2.24, 2.45) is 5.92 Å². The van der Waals surface area contributed by atoms with Gasteiger partial charge >= 0.3 is 5.92 Å². The molecule has 0 amide bonds. The summed E-state index contributed by atoms with van der Waals surface area (Å²) in [6.07, 6.45) is 1.27. The van der Waals surface area contributed by atoms with Crippen molar-refractivity contribution in [3.8, 4) is 16.9 Å². The van der Waals surface area contributed by atoms with Crippen LogP contribution >= 0.6 is 0 Å². The summed E-state index contributed by atoms with van der Waals surface area (Å²) in [7, 11) is 0. The van der Waals surface area contributed by atoms with E-state index in [-0.39, 0.29) is 17.2 Å². The topological polar surface area (TPSA) is 18.5 Å². The van der Waals surface area contributed by atoms with E-state index in [0.29, 0.717) is 48.8 Å². The monoisotopic (exact) mass is 516 g/mol. The molecular weight excluding hydrogens is 496 g/mol.